The Kier molecular flexibility index (Phi) is 15.1. The minimum absolute atomic E-state index is 0.0915. The van der Waals surface area contributed by atoms with Gasteiger partial charge in [-0.15, -0.1) is 0 Å². The van der Waals surface area contributed by atoms with Gasteiger partial charge in [-0.3, -0.25) is 29.0 Å². The van der Waals surface area contributed by atoms with Crippen molar-refractivity contribution in [3.05, 3.63) is 0 Å². The van der Waals surface area contributed by atoms with Gasteiger partial charge in [0.1, 0.15) is 16.8 Å². The van der Waals surface area contributed by atoms with Crippen molar-refractivity contribution in [1.82, 2.24) is 19.6 Å². The molecule has 232 valence electrons. The standard InChI is InChI=1S/C28H52N4O8/c1-26(2,3)40-25(37)21-32-17-15-30(11-9-28(6,7)39-23-34)13-12-29(10-8-27(4,5)38-22-33)14-16-31(18-19-32)20-24(35)36/h22-23H,8-21H2,1-7H3,(H,35,36). The molecule has 0 aromatic carbocycles. The highest BCUT2D eigenvalue weighted by atomic mass is 16.6. The van der Waals surface area contributed by atoms with Crippen molar-refractivity contribution in [2.45, 2.75) is 78.1 Å². The largest absolute Gasteiger partial charge is 0.480 e. The van der Waals surface area contributed by atoms with Crippen LogP contribution in [0.1, 0.15) is 61.3 Å². The molecule has 12 heteroatoms. The van der Waals surface area contributed by atoms with Gasteiger partial charge in [-0.1, -0.05) is 0 Å². The van der Waals surface area contributed by atoms with E-state index in [1.54, 1.807) is 0 Å². The first-order valence-corrected chi connectivity index (χ1v) is 14.1. The number of hydrogen-bond acceptors (Lipinski definition) is 11. The maximum Gasteiger partial charge on any atom is 0.320 e. The van der Waals surface area contributed by atoms with E-state index in [9.17, 15) is 24.3 Å². The topological polar surface area (TPSA) is 129 Å². The first kappa shape index (κ1) is 35.7. The molecule has 0 bridgehead atoms. The van der Waals surface area contributed by atoms with Crippen molar-refractivity contribution >= 4 is 24.9 Å². The molecule has 1 aliphatic heterocycles. The Labute approximate surface area is 239 Å². The van der Waals surface area contributed by atoms with Crippen LogP contribution in [0.2, 0.25) is 0 Å². The lowest BCUT2D eigenvalue weighted by Gasteiger charge is -2.35. The van der Waals surface area contributed by atoms with Crippen LogP contribution in [0.5, 0.6) is 0 Å². The van der Waals surface area contributed by atoms with Gasteiger partial charge in [-0.2, -0.15) is 0 Å². The maximum absolute atomic E-state index is 12.6. The summed E-state index contributed by atoms with van der Waals surface area (Å²) in [5.74, 6) is -1.22. The molecule has 0 radical (unpaired) electrons. The van der Waals surface area contributed by atoms with Gasteiger partial charge in [0.05, 0.1) is 13.1 Å². The number of carboxylic acid groups (broad SMARTS) is 1. The lowest BCUT2D eigenvalue weighted by Crippen LogP contribution is -2.49. The van der Waals surface area contributed by atoms with Crippen molar-refractivity contribution in [3.8, 4) is 0 Å². The summed E-state index contributed by atoms with van der Waals surface area (Å²) in [4.78, 5) is 54.5. The van der Waals surface area contributed by atoms with Crippen LogP contribution in [0.25, 0.3) is 0 Å². The molecule has 1 heterocycles. The lowest BCUT2D eigenvalue weighted by molar-refractivity contribution is -0.156. The number of hydrogen-bond donors (Lipinski definition) is 1. The van der Waals surface area contributed by atoms with Gasteiger partial charge in [0.25, 0.3) is 12.9 Å². The molecule has 1 N–H and O–H groups in total. The molecular weight excluding hydrogens is 520 g/mol. The number of rotatable bonds is 14. The molecule has 1 rings (SSSR count). The van der Waals surface area contributed by atoms with E-state index in [1.807, 2.05) is 58.3 Å². The van der Waals surface area contributed by atoms with Gasteiger partial charge in [-0.05, 0) is 61.3 Å². The molecule has 0 spiro atoms. The molecule has 0 aromatic rings. The summed E-state index contributed by atoms with van der Waals surface area (Å²) < 4.78 is 16.0. The molecule has 0 amide bonds. The smallest absolute Gasteiger partial charge is 0.320 e. The quantitative estimate of drug-likeness (QED) is 0.183. The fraction of sp³-hybridized carbons (Fsp3) is 0.857. The van der Waals surface area contributed by atoms with Gasteiger partial charge < -0.3 is 29.1 Å². The molecule has 0 unspecified atom stereocenters. The van der Waals surface area contributed by atoms with Crippen molar-refractivity contribution in [3.63, 3.8) is 0 Å². The molecule has 1 fully saturated rings. The van der Waals surface area contributed by atoms with Gasteiger partial charge in [0.15, 0.2) is 0 Å². The average Bonchev–Trinajstić information content (AvgIpc) is 2.79. The van der Waals surface area contributed by atoms with Crippen LogP contribution in [-0.2, 0) is 33.4 Å². The Morgan fingerprint density at radius 1 is 0.650 bits per heavy atom. The van der Waals surface area contributed by atoms with E-state index in [0.29, 0.717) is 78.1 Å². The van der Waals surface area contributed by atoms with Crippen LogP contribution < -0.4 is 0 Å². The van der Waals surface area contributed by atoms with Crippen molar-refractivity contribution < 1.29 is 38.5 Å². The van der Waals surface area contributed by atoms with Gasteiger partial charge >= 0.3 is 11.9 Å². The summed E-state index contributed by atoms with van der Waals surface area (Å²) in [6.45, 7) is 20.2. The third-order valence-corrected chi connectivity index (χ3v) is 6.86. The van der Waals surface area contributed by atoms with E-state index in [1.165, 1.54) is 0 Å². The monoisotopic (exact) mass is 572 g/mol. The van der Waals surface area contributed by atoms with E-state index >= 15 is 0 Å². The summed E-state index contributed by atoms with van der Waals surface area (Å²) in [5, 5.41) is 9.49. The number of carboxylic acids is 1. The van der Waals surface area contributed by atoms with Crippen LogP contribution in [0.15, 0.2) is 0 Å². The van der Waals surface area contributed by atoms with Gasteiger partial charge in [0.2, 0.25) is 0 Å². The molecular formula is C28H52N4O8. The highest BCUT2D eigenvalue weighted by molar-refractivity contribution is 5.72. The second-order valence-corrected chi connectivity index (χ2v) is 12.7. The average molecular weight is 573 g/mol. The zero-order valence-electron chi connectivity index (χ0n) is 25.6. The normalized spacial score (nSPS) is 18.3. The molecule has 0 aromatic heterocycles. The number of esters is 1. The Balaban J connectivity index is 3.09. The van der Waals surface area contributed by atoms with E-state index in [2.05, 4.69) is 9.80 Å². The molecule has 0 aliphatic carbocycles. The number of nitrogens with zero attached hydrogens (tertiary/aromatic N) is 4. The summed E-state index contributed by atoms with van der Waals surface area (Å²) >= 11 is 0. The third kappa shape index (κ3) is 16.7. The molecule has 1 saturated heterocycles. The van der Waals surface area contributed by atoms with Crippen LogP contribution in [0, 0.1) is 0 Å². The fourth-order valence-corrected chi connectivity index (χ4v) is 4.32. The highest BCUT2D eigenvalue weighted by Gasteiger charge is 2.25. The fourth-order valence-electron chi connectivity index (χ4n) is 4.32. The predicted molar refractivity (Wildman–Crippen MR) is 151 cm³/mol. The Morgan fingerprint density at radius 3 is 1.32 bits per heavy atom. The zero-order chi connectivity index (χ0) is 30.4. The highest BCUT2D eigenvalue weighted by Crippen LogP contribution is 2.16. The number of ether oxygens (including phenoxy) is 3. The molecule has 0 saturated carbocycles. The van der Waals surface area contributed by atoms with Crippen LogP contribution in [0.4, 0.5) is 0 Å². The number of aliphatic carboxylic acids is 1. The van der Waals surface area contributed by atoms with Crippen LogP contribution in [0.3, 0.4) is 0 Å². The Hall–Kier alpha value is -2.28. The first-order valence-electron chi connectivity index (χ1n) is 14.1. The van der Waals surface area contributed by atoms with Crippen molar-refractivity contribution in [1.29, 1.82) is 0 Å². The van der Waals surface area contributed by atoms with Crippen molar-refractivity contribution in [2.24, 2.45) is 0 Å². The number of carbonyl (C=O) groups is 4. The number of carbonyl (C=O) groups excluding carboxylic acids is 3. The third-order valence-electron chi connectivity index (χ3n) is 6.86. The van der Waals surface area contributed by atoms with Crippen LogP contribution in [-0.4, -0.2) is 145 Å². The molecule has 0 atom stereocenters. The zero-order valence-corrected chi connectivity index (χ0v) is 25.6. The SMILES string of the molecule is CC(C)(C)OC(=O)CN1CCN(CCC(C)(C)OC=O)CCN(CCC(C)(C)OC=O)CCN(CC(=O)O)CC1. The molecule has 40 heavy (non-hydrogen) atoms. The maximum atomic E-state index is 12.6. The first-order chi connectivity index (χ1) is 18.5. The molecule has 12 nitrogen and oxygen atoms in total. The lowest BCUT2D eigenvalue weighted by atomic mass is 10.0. The van der Waals surface area contributed by atoms with Crippen molar-refractivity contribution in [2.75, 3.05) is 78.5 Å². The summed E-state index contributed by atoms with van der Waals surface area (Å²) in [5.41, 5.74) is -1.80. The summed E-state index contributed by atoms with van der Waals surface area (Å²) in [6.07, 6.45) is 1.28. The minimum Gasteiger partial charge on any atom is -0.480 e. The van der Waals surface area contributed by atoms with E-state index < -0.39 is 22.8 Å². The van der Waals surface area contributed by atoms with E-state index in [-0.39, 0.29) is 19.1 Å². The minimum atomic E-state index is -0.899. The summed E-state index contributed by atoms with van der Waals surface area (Å²) in [6, 6.07) is 0. The van der Waals surface area contributed by atoms with Crippen LogP contribution >= 0.6 is 0 Å². The van der Waals surface area contributed by atoms with Gasteiger partial charge in [-0.25, -0.2) is 0 Å². The predicted octanol–water partition coefficient (Wildman–Crippen LogP) is 1.32. The second-order valence-electron chi connectivity index (χ2n) is 12.7. The van der Waals surface area contributed by atoms with E-state index in [0.717, 1.165) is 13.1 Å². The van der Waals surface area contributed by atoms with Gasteiger partial charge in [0, 0.05) is 65.4 Å². The Morgan fingerprint density at radius 2 is 1.00 bits per heavy atom. The summed E-state index contributed by atoms with van der Waals surface area (Å²) in [7, 11) is 0. The van der Waals surface area contributed by atoms with E-state index in [4.69, 9.17) is 14.2 Å². The Bertz CT molecular complexity index is 800. The molecule has 1 aliphatic rings. The second kappa shape index (κ2) is 16.9.